The number of amidine groups is 2. The van der Waals surface area contributed by atoms with E-state index in [0.29, 0.717) is 12.4 Å². The van der Waals surface area contributed by atoms with E-state index in [1.165, 1.54) is 24.3 Å². The minimum Gasteiger partial charge on any atom is -0.327 e. The molecule has 0 atom stereocenters. The van der Waals surface area contributed by atoms with E-state index in [0.717, 1.165) is 15.6 Å². The Bertz CT molecular complexity index is 1610. The first kappa shape index (κ1) is 24.2. The third-order valence-electron chi connectivity index (χ3n) is 5.50. The number of rotatable bonds is 4. The van der Waals surface area contributed by atoms with Crippen LogP contribution < -0.4 is 4.72 Å². The summed E-state index contributed by atoms with van der Waals surface area (Å²) in [5, 5.41) is 0.263. The van der Waals surface area contributed by atoms with Gasteiger partial charge in [0.2, 0.25) is 0 Å². The molecule has 10 heteroatoms. The molecule has 0 aromatic heterocycles. The Balaban J connectivity index is 1.50. The minimum absolute atomic E-state index is 0.0857. The van der Waals surface area contributed by atoms with Gasteiger partial charge in [-0.25, -0.2) is 13.4 Å². The average molecular weight is 582 g/mol. The van der Waals surface area contributed by atoms with Gasteiger partial charge in [-0.3, -0.25) is 9.52 Å². The Morgan fingerprint density at radius 3 is 2.64 bits per heavy atom. The molecule has 2 heterocycles. The highest BCUT2D eigenvalue weighted by Gasteiger charge is 2.23. The number of halogens is 2. The first-order valence-corrected chi connectivity index (χ1v) is 13.4. The molecule has 0 radical (unpaired) electrons. The molecule has 0 saturated carbocycles. The van der Waals surface area contributed by atoms with Crippen molar-refractivity contribution in [3.8, 4) is 0 Å². The Morgan fingerprint density at radius 2 is 1.81 bits per heavy atom. The number of benzene rings is 3. The van der Waals surface area contributed by atoms with Crippen LogP contribution in [0, 0.1) is 0 Å². The second kappa shape index (κ2) is 9.85. The van der Waals surface area contributed by atoms with E-state index in [1.54, 1.807) is 24.3 Å². The van der Waals surface area contributed by atoms with Gasteiger partial charge in [0.1, 0.15) is 5.84 Å². The van der Waals surface area contributed by atoms with E-state index >= 15 is 0 Å². The van der Waals surface area contributed by atoms with Crippen LogP contribution in [0.25, 0.3) is 0 Å². The van der Waals surface area contributed by atoms with Crippen molar-refractivity contribution in [2.24, 2.45) is 9.98 Å². The van der Waals surface area contributed by atoms with Crippen molar-refractivity contribution in [2.75, 3.05) is 4.72 Å². The second-order valence-electron chi connectivity index (χ2n) is 7.96. The number of carbonyl (C=O) groups is 1. The average Bonchev–Trinajstić information content (AvgIpc) is 3.01. The van der Waals surface area contributed by atoms with Gasteiger partial charge in [0.15, 0.2) is 5.84 Å². The number of allylic oxidation sites excluding steroid dienone is 2. The molecule has 3 aromatic rings. The summed E-state index contributed by atoms with van der Waals surface area (Å²) < 4.78 is 29.3. The zero-order chi connectivity index (χ0) is 25.3. The van der Waals surface area contributed by atoms with Crippen molar-refractivity contribution in [1.29, 1.82) is 0 Å². The second-order valence-corrected chi connectivity index (χ2v) is 11.0. The van der Waals surface area contributed by atoms with Crippen molar-refractivity contribution in [1.82, 2.24) is 4.90 Å². The molecule has 0 aliphatic carbocycles. The molecule has 2 aliphatic heterocycles. The predicted molar refractivity (Wildman–Crippen MR) is 145 cm³/mol. The SMILES string of the molecule is O=C(N=C1N=C2C=CC(Br)=CN2Cc2ccccc21)c1cccc(S(=O)(=O)Nc2ccccc2Cl)c1. The Morgan fingerprint density at radius 1 is 1.03 bits per heavy atom. The number of nitrogens with one attached hydrogen (secondary N) is 1. The summed E-state index contributed by atoms with van der Waals surface area (Å²) in [6.07, 6.45) is 5.62. The monoisotopic (exact) mass is 580 g/mol. The molecule has 1 amide bonds. The van der Waals surface area contributed by atoms with Crippen LogP contribution in [0.4, 0.5) is 5.69 Å². The molecule has 0 unspecified atom stereocenters. The quantitative estimate of drug-likeness (QED) is 0.425. The van der Waals surface area contributed by atoms with Crippen molar-refractivity contribution >= 4 is 60.8 Å². The lowest BCUT2D eigenvalue weighted by Gasteiger charge is -2.21. The topological polar surface area (TPSA) is 91.2 Å². The van der Waals surface area contributed by atoms with Gasteiger partial charge in [0.05, 0.1) is 15.6 Å². The van der Waals surface area contributed by atoms with E-state index in [4.69, 9.17) is 11.6 Å². The highest BCUT2D eigenvalue weighted by Crippen LogP contribution is 2.26. The molecular weight excluding hydrogens is 564 g/mol. The van der Waals surface area contributed by atoms with Crippen LogP contribution in [0.15, 0.2) is 111 Å². The van der Waals surface area contributed by atoms with Crippen molar-refractivity contribution in [3.05, 3.63) is 117 Å². The molecule has 36 heavy (non-hydrogen) atoms. The summed E-state index contributed by atoms with van der Waals surface area (Å²) in [5.74, 6) is 0.289. The maximum absolute atomic E-state index is 13.2. The summed E-state index contributed by atoms with van der Waals surface area (Å²) >= 11 is 9.57. The number of nitrogens with zero attached hydrogens (tertiary/aromatic N) is 3. The molecule has 1 N–H and O–H groups in total. The highest BCUT2D eigenvalue weighted by atomic mass is 79.9. The molecule has 180 valence electrons. The summed E-state index contributed by atoms with van der Waals surface area (Å²) in [7, 11) is -3.99. The van der Waals surface area contributed by atoms with Gasteiger partial charge in [-0.2, -0.15) is 4.99 Å². The Kier molecular flexibility index (Phi) is 6.61. The number of anilines is 1. The molecule has 5 rings (SSSR count). The fraction of sp³-hybridized carbons (Fsp3) is 0.0385. The Labute approximate surface area is 221 Å². The fourth-order valence-corrected chi connectivity index (χ4v) is 5.50. The Hall–Kier alpha value is -3.53. The lowest BCUT2D eigenvalue weighted by Crippen LogP contribution is -2.24. The standard InChI is InChI=1S/C26H18BrClN4O3S/c27-19-12-13-24-29-25(21-9-2-1-6-18(21)15-32(24)16-19)30-26(33)17-7-5-8-20(14-17)36(34,35)31-23-11-4-3-10-22(23)28/h1-14,16,31H,15H2. The molecular formula is C26H18BrClN4O3S. The number of fused-ring (bicyclic) bond motifs is 2. The van der Waals surface area contributed by atoms with E-state index in [1.807, 2.05) is 47.5 Å². The summed E-state index contributed by atoms with van der Waals surface area (Å²) in [4.78, 5) is 24.0. The van der Waals surface area contributed by atoms with Gasteiger partial charge in [-0.1, -0.05) is 54.1 Å². The van der Waals surface area contributed by atoms with Gasteiger partial charge >= 0.3 is 0 Å². The summed E-state index contributed by atoms with van der Waals surface area (Å²) in [6, 6.07) is 19.8. The summed E-state index contributed by atoms with van der Waals surface area (Å²) in [6.45, 7) is 0.559. The fourth-order valence-electron chi connectivity index (χ4n) is 3.75. The van der Waals surface area contributed by atoms with Gasteiger partial charge in [-0.15, -0.1) is 0 Å². The molecule has 7 nitrogen and oxygen atoms in total. The van der Waals surface area contributed by atoms with Crippen LogP contribution in [0.3, 0.4) is 0 Å². The van der Waals surface area contributed by atoms with Crippen LogP contribution in [-0.2, 0) is 16.6 Å². The maximum atomic E-state index is 13.2. The maximum Gasteiger partial charge on any atom is 0.279 e. The predicted octanol–water partition coefficient (Wildman–Crippen LogP) is 5.75. The largest absolute Gasteiger partial charge is 0.327 e. The minimum atomic E-state index is -3.99. The van der Waals surface area contributed by atoms with Crippen molar-refractivity contribution in [2.45, 2.75) is 11.4 Å². The smallest absolute Gasteiger partial charge is 0.279 e. The van der Waals surface area contributed by atoms with Crippen molar-refractivity contribution in [3.63, 3.8) is 0 Å². The number of hydrogen-bond acceptors (Lipinski definition) is 4. The zero-order valence-corrected chi connectivity index (χ0v) is 21.8. The van der Waals surface area contributed by atoms with Gasteiger partial charge in [0.25, 0.3) is 15.9 Å². The first-order valence-electron chi connectivity index (χ1n) is 10.8. The molecule has 0 spiro atoms. The number of sulfonamides is 1. The van der Waals surface area contributed by atoms with Crippen LogP contribution in [0.1, 0.15) is 21.5 Å². The third kappa shape index (κ3) is 5.04. The molecule has 0 fully saturated rings. The van der Waals surface area contributed by atoms with Crippen LogP contribution in [-0.4, -0.2) is 30.9 Å². The molecule has 0 saturated heterocycles. The van der Waals surface area contributed by atoms with Gasteiger partial charge < -0.3 is 4.90 Å². The number of hydrogen-bond donors (Lipinski definition) is 1. The van der Waals surface area contributed by atoms with Gasteiger partial charge in [-0.05, 0) is 64.0 Å². The lowest BCUT2D eigenvalue weighted by molar-refractivity contribution is 0.100. The number of amides is 1. The normalized spacial score (nSPS) is 15.9. The molecule has 3 aromatic carbocycles. The van der Waals surface area contributed by atoms with Gasteiger partial charge in [0, 0.05) is 28.4 Å². The highest BCUT2D eigenvalue weighted by molar-refractivity contribution is 9.11. The number of carbonyl (C=O) groups excluding carboxylic acids is 1. The van der Waals surface area contributed by atoms with Crippen LogP contribution in [0.2, 0.25) is 5.02 Å². The summed E-state index contributed by atoms with van der Waals surface area (Å²) in [5.41, 5.74) is 2.04. The zero-order valence-electron chi connectivity index (χ0n) is 18.6. The molecule has 2 aliphatic rings. The number of aliphatic imine (C=N–C) groups is 2. The number of para-hydroxylation sites is 1. The van der Waals surface area contributed by atoms with E-state index < -0.39 is 15.9 Å². The van der Waals surface area contributed by atoms with E-state index in [2.05, 4.69) is 30.6 Å². The lowest BCUT2D eigenvalue weighted by atomic mass is 10.1. The van der Waals surface area contributed by atoms with Crippen molar-refractivity contribution < 1.29 is 13.2 Å². The third-order valence-corrected chi connectivity index (χ3v) is 7.66. The van der Waals surface area contributed by atoms with E-state index in [-0.39, 0.29) is 27.0 Å². The molecule has 0 bridgehead atoms. The van der Waals surface area contributed by atoms with Crippen LogP contribution in [0.5, 0.6) is 0 Å². The van der Waals surface area contributed by atoms with Crippen LogP contribution >= 0.6 is 27.5 Å². The first-order chi connectivity index (χ1) is 17.3. The van der Waals surface area contributed by atoms with E-state index in [9.17, 15) is 13.2 Å².